The van der Waals surface area contributed by atoms with Crippen LogP contribution in [0.3, 0.4) is 0 Å². The summed E-state index contributed by atoms with van der Waals surface area (Å²) in [5.74, 6) is 6.04. The SMILES string of the molecule is Cc1cc2c(NN)nc(-c3ccc(F)cc3Cl)nc2s1. The molecule has 0 radical (unpaired) electrons. The van der Waals surface area contributed by atoms with E-state index in [4.69, 9.17) is 17.4 Å². The molecule has 0 saturated heterocycles. The number of nitrogens with two attached hydrogens (primary N) is 1. The molecule has 7 heteroatoms. The molecule has 0 amide bonds. The normalized spacial score (nSPS) is 11.0. The first-order valence-corrected chi connectivity index (χ1v) is 6.98. The van der Waals surface area contributed by atoms with Crippen molar-refractivity contribution in [1.29, 1.82) is 0 Å². The third-order valence-corrected chi connectivity index (χ3v) is 4.08. The Kier molecular flexibility index (Phi) is 3.29. The van der Waals surface area contributed by atoms with Gasteiger partial charge in [-0.15, -0.1) is 11.3 Å². The van der Waals surface area contributed by atoms with Gasteiger partial charge in [0.15, 0.2) is 11.6 Å². The van der Waals surface area contributed by atoms with Gasteiger partial charge in [-0.1, -0.05) is 11.6 Å². The third-order valence-electron chi connectivity index (χ3n) is 2.82. The number of fused-ring (bicyclic) bond motifs is 1. The van der Waals surface area contributed by atoms with E-state index in [1.54, 1.807) is 6.07 Å². The largest absolute Gasteiger partial charge is 0.308 e. The lowest BCUT2D eigenvalue weighted by Gasteiger charge is -2.06. The number of nitrogen functional groups attached to an aromatic ring is 1. The predicted molar refractivity (Wildman–Crippen MR) is 80.4 cm³/mol. The molecule has 1 aromatic carbocycles. The lowest BCUT2D eigenvalue weighted by atomic mass is 10.2. The van der Waals surface area contributed by atoms with Gasteiger partial charge in [-0.3, -0.25) is 0 Å². The Morgan fingerprint density at radius 1 is 1.30 bits per heavy atom. The molecule has 0 bridgehead atoms. The van der Waals surface area contributed by atoms with Gasteiger partial charge in [0, 0.05) is 10.4 Å². The Morgan fingerprint density at radius 2 is 2.10 bits per heavy atom. The van der Waals surface area contributed by atoms with Crippen LogP contribution in [0.1, 0.15) is 4.88 Å². The topological polar surface area (TPSA) is 63.8 Å². The number of aromatic nitrogens is 2. The number of hydrogen-bond donors (Lipinski definition) is 2. The maximum Gasteiger partial charge on any atom is 0.164 e. The van der Waals surface area contributed by atoms with Crippen LogP contribution in [-0.2, 0) is 0 Å². The minimum atomic E-state index is -0.399. The van der Waals surface area contributed by atoms with Gasteiger partial charge in [0.1, 0.15) is 10.6 Å². The molecule has 2 aromatic heterocycles. The Balaban J connectivity index is 2.25. The van der Waals surface area contributed by atoms with Gasteiger partial charge in [-0.05, 0) is 31.2 Å². The molecular formula is C13H10ClFN4S. The van der Waals surface area contributed by atoms with Crippen molar-refractivity contribution in [2.45, 2.75) is 6.92 Å². The maximum absolute atomic E-state index is 13.1. The van der Waals surface area contributed by atoms with E-state index >= 15 is 0 Å². The van der Waals surface area contributed by atoms with Gasteiger partial charge in [-0.2, -0.15) is 0 Å². The number of anilines is 1. The van der Waals surface area contributed by atoms with Gasteiger partial charge in [0.25, 0.3) is 0 Å². The van der Waals surface area contributed by atoms with E-state index in [2.05, 4.69) is 15.4 Å². The standard InChI is InChI=1S/C13H10ClFN4S/c1-6-4-9-12(19-16)17-11(18-13(9)20-6)8-3-2-7(15)5-10(8)14/h2-5H,16H2,1H3,(H,17,18,19). The second-order valence-corrected chi connectivity index (χ2v) is 5.88. The van der Waals surface area contributed by atoms with Crippen LogP contribution < -0.4 is 11.3 Å². The quantitative estimate of drug-likeness (QED) is 0.559. The Labute approximate surface area is 123 Å². The zero-order valence-electron chi connectivity index (χ0n) is 10.4. The number of rotatable bonds is 2. The summed E-state index contributed by atoms with van der Waals surface area (Å²) in [6.45, 7) is 1.98. The molecule has 0 aliphatic carbocycles. The second-order valence-electron chi connectivity index (χ2n) is 4.24. The lowest BCUT2D eigenvalue weighted by Crippen LogP contribution is -2.09. The highest BCUT2D eigenvalue weighted by atomic mass is 35.5. The van der Waals surface area contributed by atoms with Crippen LogP contribution in [-0.4, -0.2) is 9.97 Å². The van der Waals surface area contributed by atoms with Crippen molar-refractivity contribution >= 4 is 39.0 Å². The average molecular weight is 309 g/mol. The highest BCUT2D eigenvalue weighted by Gasteiger charge is 2.13. The fourth-order valence-electron chi connectivity index (χ4n) is 1.94. The monoisotopic (exact) mass is 308 g/mol. The summed E-state index contributed by atoms with van der Waals surface area (Å²) in [5, 5.41) is 1.12. The molecule has 102 valence electrons. The van der Waals surface area contributed by atoms with Crippen LogP contribution in [0.2, 0.25) is 5.02 Å². The van der Waals surface area contributed by atoms with Gasteiger partial charge in [0.05, 0.1) is 10.4 Å². The van der Waals surface area contributed by atoms with E-state index in [1.165, 1.54) is 23.5 Å². The number of halogens is 2. The van der Waals surface area contributed by atoms with Crippen molar-refractivity contribution in [2.75, 3.05) is 5.43 Å². The molecule has 0 fully saturated rings. The number of hydrazine groups is 1. The van der Waals surface area contributed by atoms with Crippen LogP contribution in [0.4, 0.5) is 10.2 Å². The van der Waals surface area contributed by atoms with Crippen molar-refractivity contribution in [3.05, 3.63) is 40.0 Å². The molecule has 0 saturated carbocycles. The van der Waals surface area contributed by atoms with Crippen molar-refractivity contribution in [3.63, 3.8) is 0 Å². The van der Waals surface area contributed by atoms with Crippen molar-refractivity contribution < 1.29 is 4.39 Å². The van der Waals surface area contributed by atoms with Crippen LogP contribution in [0.25, 0.3) is 21.6 Å². The third kappa shape index (κ3) is 2.22. The summed E-state index contributed by atoms with van der Waals surface area (Å²) < 4.78 is 13.1. The number of nitrogens with zero attached hydrogens (tertiary/aromatic N) is 2. The Hall–Kier alpha value is -1.76. The molecule has 2 heterocycles. The van der Waals surface area contributed by atoms with Gasteiger partial charge in [-0.25, -0.2) is 20.2 Å². The second kappa shape index (κ2) is 4.97. The molecule has 3 rings (SSSR count). The van der Waals surface area contributed by atoms with Gasteiger partial charge >= 0.3 is 0 Å². The molecule has 0 spiro atoms. The van der Waals surface area contributed by atoms with Crippen molar-refractivity contribution in [3.8, 4) is 11.4 Å². The molecule has 0 atom stereocenters. The van der Waals surface area contributed by atoms with Crippen molar-refractivity contribution in [1.82, 2.24) is 9.97 Å². The van der Waals surface area contributed by atoms with Crippen LogP contribution in [0.15, 0.2) is 24.3 Å². The highest BCUT2D eigenvalue weighted by molar-refractivity contribution is 7.18. The molecule has 3 aromatic rings. The summed E-state index contributed by atoms with van der Waals surface area (Å²) in [7, 11) is 0. The number of benzene rings is 1. The minimum Gasteiger partial charge on any atom is -0.308 e. The van der Waals surface area contributed by atoms with E-state index in [0.717, 1.165) is 15.1 Å². The first-order valence-electron chi connectivity index (χ1n) is 5.78. The molecule has 4 nitrogen and oxygen atoms in total. The van der Waals surface area contributed by atoms with E-state index in [9.17, 15) is 4.39 Å². The van der Waals surface area contributed by atoms with Crippen LogP contribution in [0, 0.1) is 12.7 Å². The van der Waals surface area contributed by atoms with E-state index in [-0.39, 0.29) is 5.02 Å². The summed E-state index contributed by atoms with van der Waals surface area (Å²) in [4.78, 5) is 10.7. The number of aryl methyl sites for hydroxylation is 1. The summed E-state index contributed by atoms with van der Waals surface area (Å²) >= 11 is 7.58. The van der Waals surface area contributed by atoms with Crippen molar-refractivity contribution in [2.24, 2.45) is 5.84 Å². The predicted octanol–water partition coefficient (Wildman–Crippen LogP) is 3.74. The number of thiophene rings is 1. The first-order chi connectivity index (χ1) is 9.58. The Bertz CT molecular complexity index is 802. The van der Waals surface area contributed by atoms with Gasteiger partial charge < -0.3 is 5.43 Å². The maximum atomic E-state index is 13.1. The fourth-order valence-corrected chi connectivity index (χ4v) is 3.07. The average Bonchev–Trinajstić information content (AvgIpc) is 2.77. The molecule has 3 N–H and O–H groups in total. The molecule has 0 aliphatic rings. The van der Waals surface area contributed by atoms with E-state index in [1.807, 2.05) is 13.0 Å². The fraction of sp³-hybridized carbons (Fsp3) is 0.0769. The molecule has 0 unspecified atom stereocenters. The Morgan fingerprint density at radius 3 is 2.80 bits per heavy atom. The van der Waals surface area contributed by atoms with E-state index in [0.29, 0.717) is 17.2 Å². The van der Waals surface area contributed by atoms with Crippen LogP contribution >= 0.6 is 22.9 Å². The number of nitrogens with one attached hydrogen (secondary N) is 1. The zero-order chi connectivity index (χ0) is 14.3. The van der Waals surface area contributed by atoms with Gasteiger partial charge in [0.2, 0.25) is 0 Å². The smallest absolute Gasteiger partial charge is 0.164 e. The summed E-state index contributed by atoms with van der Waals surface area (Å²) in [5.41, 5.74) is 3.13. The highest BCUT2D eigenvalue weighted by Crippen LogP contribution is 2.32. The van der Waals surface area contributed by atoms with E-state index < -0.39 is 5.82 Å². The molecular weight excluding hydrogens is 299 g/mol. The summed E-state index contributed by atoms with van der Waals surface area (Å²) in [6, 6.07) is 6.08. The summed E-state index contributed by atoms with van der Waals surface area (Å²) in [6.07, 6.45) is 0. The van der Waals surface area contributed by atoms with Crippen LogP contribution in [0.5, 0.6) is 0 Å². The number of hydrogen-bond acceptors (Lipinski definition) is 5. The first kappa shape index (κ1) is 13.2. The zero-order valence-corrected chi connectivity index (χ0v) is 12.0. The molecule has 20 heavy (non-hydrogen) atoms. The minimum absolute atomic E-state index is 0.264. The molecule has 0 aliphatic heterocycles. The lowest BCUT2D eigenvalue weighted by molar-refractivity contribution is 0.628.